The van der Waals surface area contributed by atoms with Crippen molar-refractivity contribution in [3.63, 3.8) is 0 Å². The Hall–Kier alpha value is -2.66. The van der Waals surface area contributed by atoms with Crippen LogP contribution in [0.15, 0.2) is 24.3 Å². The number of carbonyl (C=O) groups is 2. The number of anilines is 1. The molecule has 7 nitrogen and oxygen atoms in total. The molecule has 154 valence electrons. The molecule has 8 heteroatoms. The second kappa shape index (κ2) is 7.99. The molecule has 0 radical (unpaired) electrons. The van der Waals surface area contributed by atoms with Crippen molar-refractivity contribution >= 4 is 17.6 Å². The number of carbonyl (C=O) groups excluding carboxylic acids is 2. The molecule has 1 saturated carbocycles. The molecule has 2 saturated heterocycles. The standard InChI is InChI=1S/C21H25FN4O3/c1-2-29-21(28)13-3-5-15(6-4-13)25-11-17-18(12-25)20(17)24-9-19(27)26-10-14(22)7-16(26)8-23/h3-6,14,16-18,20,24H,2,7,9-12H2,1H3/t14-,16-,17-,18+,20?/m0/s1. The summed E-state index contributed by atoms with van der Waals surface area (Å²) in [6, 6.07) is 9.09. The van der Waals surface area contributed by atoms with Crippen LogP contribution in [0.3, 0.4) is 0 Å². The number of benzene rings is 1. The molecule has 5 atom stereocenters. The van der Waals surface area contributed by atoms with Crippen LogP contribution >= 0.6 is 0 Å². The van der Waals surface area contributed by atoms with Gasteiger partial charge in [0.25, 0.3) is 0 Å². The lowest BCUT2D eigenvalue weighted by Gasteiger charge is -2.23. The number of halogens is 1. The summed E-state index contributed by atoms with van der Waals surface area (Å²) in [5.41, 5.74) is 1.62. The van der Waals surface area contributed by atoms with E-state index in [-0.39, 0.29) is 31.4 Å². The molecule has 1 aliphatic carbocycles. The summed E-state index contributed by atoms with van der Waals surface area (Å²) in [6.45, 7) is 4.10. The van der Waals surface area contributed by atoms with E-state index in [9.17, 15) is 14.0 Å². The number of nitriles is 1. The van der Waals surface area contributed by atoms with Crippen molar-refractivity contribution in [3.8, 4) is 6.07 Å². The van der Waals surface area contributed by atoms with Gasteiger partial charge in [0.15, 0.2) is 0 Å². The Bertz CT molecular complexity index is 812. The zero-order chi connectivity index (χ0) is 20.5. The Morgan fingerprint density at radius 2 is 1.93 bits per heavy atom. The van der Waals surface area contributed by atoms with Gasteiger partial charge in [-0.2, -0.15) is 5.26 Å². The average Bonchev–Trinajstić information content (AvgIpc) is 3.06. The maximum absolute atomic E-state index is 13.5. The van der Waals surface area contributed by atoms with Gasteiger partial charge in [-0.15, -0.1) is 0 Å². The molecule has 1 aromatic rings. The molecule has 3 fully saturated rings. The first-order valence-electron chi connectivity index (χ1n) is 10.1. The molecule has 1 unspecified atom stereocenters. The highest BCUT2D eigenvalue weighted by Crippen LogP contribution is 2.46. The van der Waals surface area contributed by atoms with Crippen molar-refractivity contribution in [2.24, 2.45) is 11.8 Å². The second-order valence-electron chi connectivity index (χ2n) is 7.93. The molecule has 2 heterocycles. The van der Waals surface area contributed by atoms with Crippen molar-refractivity contribution in [1.82, 2.24) is 10.2 Å². The van der Waals surface area contributed by atoms with Crippen LogP contribution in [0.5, 0.6) is 0 Å². The molecule has 1 N–H and O–H groups in total. The third-order valence-corrected chi connectivity index (χ3v) is 6.15. The van der Waals surface area contributed by atoms with Gasteiger partial charge >= 0.3 is 5.97 Å². The fraction of sp³-hybridized carbons (Fsp3) is 0.571. The van der Waals surface area contributed by atoms with Crippen LogP contribution in [0.4, 0.5) is 10.1 Å². The number of piperidine rings is 1. The van der Waals surface area contributed by atoms with Crippen LogP contribution < -0.4 is 10.2 Å². The maximum atomic E-state index is 13.5. The topological polar surface area (TPSA) is 85.7 Å². The first-order chi connectivity index (χ1) is 14.0. The first-order valence-corrected chi connectivity index (χ1v) is 10.1. The lowest BCUT2D eigenvalue weighted by Crippen LogP contribution is -2.42. The molecule has 3 aliphatic rings. The van der Waals surface area contributed by atoms with E-state index in [1.165, 1.54) is 4.90 Å². The Morgan fingerprint density at radius 1 is 1.24 bits per heavy atom. The Balaban J connectivity index is 1.24. The molecule has 0 aromatic heterocycles. The summed E-state index contributed by atoms with van der Waals surface area (Å²) in [4.78, 5) is 27.7. The number of hydrogen-bond acceptors (Lipinski definition) is 6. The highest BCUT2D eigenvalue weighted by Gasteiger charge is 2.55. The minimum Gasteiger partial charge on any atom is -0.462 e. The number of rotatable bonds is 6. The van der Waals surface area contributed by atoms with Gasteiger partial charge in [-0.1, -0.05) is 0 Å². The van der Waals surface area contributed by atoms with Gasteiger partial charge in [0.1, 0.15) is 12.2 Å². The van der Waals surface area contributed by atoms with Crippen LogP contribution in [0, 0.1) is 23.2 Å². The van der Waals surface area contributed by atoms with E-state index in [2.05, 4.69) is 10.2 Å². The molecule has 29 heavy (non-hydrogen) atoms. The van der Waals surface area contributed by atoms with Gasteiger partial charge in [-0.25, -0.2) is 9.18 Å². The summed E-state index contributed by atoms with van der Waals surface area (Å²) in [5, 5.41) is 12.4. The summed E-state index contributed by atoms with van der Waals surface area (Å²) in [7, 11) is 0. The van der Waals surface area contributed by atoms with Crippen LogP contribution in [-0.2, 0) is 9.53 Å². The number of likely N-dealkylation sites (tertiary alicyclic amines) is 1. The van der Waals surface area contributed by atoms with E-state index in [1.807, 2.05) is 18.2 Å². The van der Waals surface area contributed by atoms with Gasteiger partial charge in [-0.3, -0.25) is 4.79 Å². The number of amides is 1. The van der Waals surface area contributed by atoms with E-state index in [0.29, 0.717) is 30.0 Å². The second-order valence-corrected chi connectivity index (χ2v) is 7.93. The van der Waals surface area contributed by atoms with Crippen molar-refractivity contribution in [1.29, 1.82) is 5.26 Å². The van der Waals surface area contributed by atoms with E-state index in [1.54, 1.807) is 19.1 Å². The summed E-state index contributed by atoms with van der Waals surface area (Å²) in [6.07, 6.45) is -0.992. The van der Waals surface area contributed by atoms with Gasteiger partial charge in [0.2, 0.25) is 5.91 Å². The third-order valence-electron chi connectivity index (χ3n) is 6.15. The molecule has 1 aromatic carbocycles. The largest absolute Gasteiger partial charge is 0.462 e. The molecule has 0 bridgehead atoms. The minimum atomic E-state index is -1.10. The van der Waals surface area contributed by atoms with Gasteiger partial charge in [0.05, 0.1) is 31.3 Å². The molecule has 0 spiro atoms. The van der Waals surface area contributed by atoms with Gasteiger partial charge < -0.3 is 19.9 Å². The number of hydrogen-bond donors (Lipinski definition) is 1. The molecular weight excluding hydrogens is 375 g/mol. The van der Waals surface area contributed by atoms with Crippen molar-refractivity contribution in [2.45, 2.75) is 31.6 Å². The Morgan fingerprint density at radius 3 is 2.55 bits per heavy atom. The molecular formula is C21H25FN4O3. The summed E-state index contributed by atoms with van der Waals surface area (Å²) >= 11 is 0. The molecule has 1 amide bonds. The van der Waals surface area contributed by atoms with E-state index >= 15 is 0 Å². The zero-order valence-corrected chi connectivity index (χ0v) is 16.4. The van der Waals surface area contributed by atoms with Crippen molar-refractivity contribution in [2.75, 3.05) is 37.7 Å². The fourth-order valence-electron chi connectivity index (χ4n) is 4.55. The highest BCUT2D eigenvalue weighted by atomic mass is 19.1. The number of ether oxygens (including phenoxy) is 1. The van der Waals surface area contributed by atoms with Gasteiger partial charge in [0, 0.05) is 31.2 Å². The van der Waals surface area contributed by atoms with Crippen molar-refractivity contribution in [3.05, 3.63) is 29.8 Å². The monoisotopic (exact) mass is 400 g/mol. The van der Waals surface area contributed by atoms with Crippen LogP contribution in [0.25, 0.3) is 0 Å². The SMILES string of the molecule is CCOC(=O)c1ccc(N2C[C@@H]3C(NCC(=O)N4C[C@@H](F)C[C@H]4C#N)[C@@H]3C2)cc1. The van der Waals surface area contributed by atoms with E-state index in [0.717, 1.165) is 18.8 Å². The van der Waals surface area contributed by atoms with Crippen LogP contribution in [-0.4, -0.2) is 67.8 Å². The number of alkyl halides is 1. The Labute approximate surface area is 169 Å². The van der Waals surface area contributed by atoms with Gasteiger partial charge in [-0.05, 0) is 43.0 Å². The summed E-state index contributed by atoms with van der Waals surface area (Å²) in [5.74, 6) is 0.444. The first kappa shape index (κ1) is 19.6. The number of nitrogens with one attached hydrogen (secondary N) is 1. The number of nitrogens with zero attached hydrogens (tertiary/aromatic N) is 3. The predicted molar refractivity (Wildman–Crippen MR) is 104 cm³/mol. The molecule has 4 rings (SSSR count). The number of esters is 1. The summed E-state index contributed by atoms with van der Waals surface area (Å²) < 4.78 is 18.5. The lowest BCUT2D eigenvalue weighted by molar-refractivity contribution is -0.130. The Kier molecular flexibility index (Phi) is 5.41. The zero-order valence-electron chi connectivity index (χ0n) is 16.4. The van der Waals surface area contributed by atoms with Crippen LogP contribution in [0.1, 0.15) is 23.7 Å². The third kappa shape index (κ3) is 3.92. The lowest BCUT2D eigenvalue weighted by atomic mass is 10.2. The quantitative estimate of drug-likeness (QED) is 0.726. The molecule has 2 aliphatic heterocycles. The highest BCUT2D eigenvalue weighted by molar-refractivity contribution is 5.89. The van der Waals surface area contributed by atoms with Crippen LogP contribution in [0.2, 0.25) is 0 Å². The van der Waals surface area contributed by atoms with E-state index in [4.69, 9.17) is 10.00 Å². The predicted octanol–water partition coefficient (Wildman–Crippen LogP) is 1.35. The van der Waals surface area contributed by atoms with E-state index < -0.39 is 12.2 Å². The number of fused-ring (bicyclic) bond motifs is 1. The maximum Gasteiger partial charge on any atom is 0.338 e. The fourth-order valence-corrected chi connectivity index (χ4v) is 4.55. The normalized spacial score (nSPS) is 30.0. The minimum absolute atomic E-state index is 0.0197. The smallest absolute Gasteiger partial charge is 0.338 e. The average molecular weight is 400 g/mol. The van der Waals surface area contributed by atoms with Crippen molar-refractivity contribution < 1.29 is 18.7 Å².